The van der Waals surface area contributed by atoms with Crippen LogP contribution in [0.25, 0.3) is 0 Å². The van der Waals surface area contributed by atoms with Gasteiger partial charge in [0.15, 0.2) is 0 Å². The molecule has 2 aliphatic rings. The van der Waals surface area contributed by atoms with Gasteiger partial charge >= 0.3 is 6.03 Å². The molecule has 0 spiro atoms. The van der Waals surface area contributed by atoms with Crippen LogP contribution in [0, 0.1) is 0 Å². The summed E-state index contributed by atoms with van der Waals surface area (Å²) >= 11 is 6.00. The molecule has 2 amide bonds. The summed E-state index contributed by atoms with van der Waals surface area (Å²) in [6, 6.07) is 6.31. The number of nitrogens with one attached hydrogen (secondary N) is 1. The van der Waals surface area contributed by atoms with E-state index >= 15 is 0 Å². The molecule has 2 saturated heterocycles. The van der Waals surface area contributed by atoms with Gasteiger partial charge in [-0.05, 0) is 18.6 Å². The zero-order valence-electron chi connectivity index (χ0n) is 12.3. The highest BCUT2D eigenvalue weighted by Crippen LogP contribution is 2.27. The molecule has 6 heteroatoms. The molecular weight excluding hydrogens is 290 g/mol. The average Bonchev–Trinajstić information content (AvgIpc) is 2.75. The maximum Gasteiger partial charge on any atom is 0.317 e. The Balaban J connectivity index is 1.69. The normalized spacial score (nSPS) is 25.7. The summed E-state index contributed by atoms with van der Waals surface area (Å²) in [5.41, 5.74) is 1.12. The van der Waals surface area contributed by atoms with Gasteiger partial charge in [0.2, 0.25) is 0 Å². The number of nitrogens with zero attached hydrogens (tertiary/aromatic N) is 2. The fraction of sp³-hybridized carbons (Fsp3) is 0.533. The number of urea groups is 1. The Morgan fingerprint density at radius 1 is 1.48 bits per heavy atom. The van der Waals surface area contributed by atoms with E-state index < -0.39 is 0 Å². The third-order valence-corrected chi connectivity index (χ3v) is 4.67. The minimum atomic E-state index is 0.0379. The number of piperidine rings is 1. The Hall–Kier alpha value is -1.46. The van der Waals surface area contributed by atoms with E-state index in [4.69, 9.17) is 16.3 Å². The second-order valence-corrected chi connectivity index (χ2v) is 6.15. The van der Waals surface area contributed by atoms with Crippen LogP contribution in [0.5, 0.6) is 5.75 Å². The van der Waals surface area contributed by atoms with Crippen LogP contribution in [0.2, 0.25) is 5.02 Å². The fourth-order valence-electron chi connectivity index (χ4n) is 3.26. The maximum absolute atomic E-state index is 11.7. The van der Waals surface area contributed by atoms with Crippen molar-refractivity contribution in [2.24, 2.45) is 0 Å². The van der Waals surface area contributed by atoms with Crippen molar-refractivity contribution in [2.45, 2.75) is 25.0 Å². The van der Waals surface area contributed by atoms with Crippen molar-refractivity contribution in [1.29, 1.82) is 0 Å². The zero-order valence-corrected chi connectivity index (χ0v) is 13.1. The molecule has 21 heavy (non-hydrogen) atoms. The van der Waals surface area contributed by atoms with Crippen molar-refractivity contribution in [2.75, 3.05) is 27.2 Å². The van der Waals surface area contributed by atoms with Crippen molar-refractivity contribution in [3.63, 3.8) is 0 Å². The molecule has 0 aliphatic carbocycles. The minimum absolute atomic E-state index is 0.0379. The SMILES string of the molecule is COc1cc(Cl)ccc1CN1CC[C@H]2[C@@H](C1)NC(=O)N2C. The Morgan fingerprint density at radius 2 is 2.29 bits per heavy atom. The molecular formula is C15H20ClN3O2. The molecule has 0 aromatic heterocycles. The first-order valence-electron chi connectivity index (χ1n) is 7.16. The van der Waals surface area contributed by atoms with E-state index in [2.05, 4.69) is 10.2 Å². The molecule has 0 unspecified atom stereocenters. The Bertz CT molecular complexity index is 552. The third kappa shape index (κ3) is 2.80. The number of fused-ring (bicyclic) bond motifs is 1. The number of carbonyl (C=O) groups excluding carboxylic acids is 1. The lowest BCUT2D eigenvalue weighted by molar-refractivity contribution is 0.146. The van der Waals surface area contributed by atoms with E-state index in [1.54, 1.807) is 7.11 Å². The van der Waals surface area contributed by atoms with Gasteiger partial charge in [0.1, 0.15) is 5.75 Å². The Labute approximate surface area is 129 Å². The molecule has 1 aromatic rings. The van der Waals surface area contributed by atoms with Gasteiger partial charge < -0.3 is 15.0 Å². The topological polar surface area (TPSA) is 44.8 Å². The Kier molecular flexibility index (Phi) is 3.95. The van der Waals surface area contributed by atoms with Crippen molar-refractivity contribution in [3.8, 4) is 5.75 Å². The highest BCUT2D eigenvalue weighted by Gasteiger charge is 2.40. The molecule has 0 bridgehead atoms. The number of benzene rings is 1. The minimum Gasteiger partial charge on any atom is -0.496 e. The quantitative estimate of drug-likeness (QED) is 0.928. The third-order valence-electron chi connectivity index (χ3n) is 4.43. The van der Waals surface area contributed by atoms with E-state index in [9.17, 15) is 4.79 Å². The Morgan fingerprint density at radius 3 is 3.05 bits per heavy atom. The molecule has 0 radical (unpaired) electrons. The monoisotopic (exact) mass is 309 g/mol. The first-order chi connectivity index (χ1) is 10.1. The number of carbonyl (C=O) groups is 1. The lowest BCUT2D eigenvalue weighted by Crippen LogP contribution is -2.50. The second kappa shape index (κ2) is 5.73. The molecule has 2 heterocycles. The molecule has 1 aromatic carbocycles. The van der Waals surface area contributed by atoms with Crippen molar-refractivity contribution < 1.29 is 9.53 Å². The van der Waals surface area contributed by atoms with E-state index in [1.165, 1.54) is 0 Å². The number of amides is 2. The van der Waals surface area contributed by atoms with Gasteiger partial charge in [0.05, 0.1) is 19.2 Å². The lowest BCUT2D eigenvalue weighted by Gasteiger charge is -2.35. The summed E-state index contributed by atoms with van der Waals surface area (Å²) in [5, 5.41) is 3.73. The number of hydrogen-bond donors (Lipinski definition) is 1. The number of likely N-dealkylation sites (tertiary alicyclic amines) is 1. The molecule has 2 fully saturated rings. The second-order valence-electron chi connectivity index (χ2n) is 5.71. The molecule has 0 saturated carbocycles. The lowest BCUT2D eigenvalue weighted by atomic mass is 9.99. The van der Waals surface area contributed by atoms with Crippen LogP contribution in [-0.4, -0.2) is 55.2 Å². The van der Waals surface area contributed by atoms with Gasteiger partial charge in [-0.25, -0.2) is 4.79 Å². The van der Waals surface area contributed by atoms with Crippen LogP contribution in [0.4, 0.5) is 4.79 Å². The molecule has 3 rings (SSSR count). The van der Waals surface area contributed by atoms with Crippen molar-refractivity contribution in [3.05, 3.63) is 28.8 Å². The van der Waals surface area contributed by atoms with Crippen LogP contribution >= 0.6 is 11.6 Å². The number of ether oxygens (including phenoxy) is 1. The van der Waals surface area contributed by atoms with E-state index in [0.29, 0.717) is 11.1 Å². The summed E-state index contributed by atoms with van der Waals surface area (Å²) in [7, 11) is 3.53. The van der Waals surface area contributed by atoms with Crippen LogP contribution in [0.3, 0.4) is 0 Å². The van der Waals surface area contributed by atoms with E-state index in [-0.39, 0.29) is 12.1 Å². The first-order valence-corrected chi connectivity index (χ1v) is 7.54. The standard InChI is InChI=1S/C15H20ClN3O2/c1-18-13-5-6-19(9-12(13)17-15(18)20)8-10-3-4-11(16)7-14(10)21-2/h3-4,7,12-13H,5-6,8-9H2,1-2H3,(H,17,20)/t12-,13+/m1/s1. The van der Waals surface area contributed by atoms with E-state index in [1.807, 2.05) is 30.1 Å². The van der Waals surface area contributed by atoms with Crippen molar-refractivity contribution in [1.82, 2.24) is 15.1 Å². The summed E-state index contributed by atoms with van der Waals surface area (Å²) in [4.78, 5) is 15.9. The summed E-state index contributed by atoms with van der Waals surface area (Å²) < 4.78 is 5.40. The zero-order chi connectivity index (χ0) is 15.0. The number of methoxy groups -OCH3 is 1. The maximum atomic E-state index is 11.7. The number of likely N-dealkylation sites (N-methyl/N-ethyl adjacent to an activating group) is 1. The first kappa shape index (κ1) is 14.5. The summed E-state index contributed by atoms with van der Waals surface area (Å²) in [5.74, 6) is 0.817. The smallest absolute Gasteiger partial charge is 0.317 e. The van der Waals surface area contributed by atoms with Gasteiger partial charge in [-0.1, -0.05) is 17.7 Å². The highest BCUT2D eigenvalue weighted by molar-refractivity contribution is 6.30. The number of rotatable bonds is 3. The van der Waals surface area contributed by atoms with Gasteiger partial charge in [0, 0.05) is 37.3 Å². The summed E-state index contributed by atoms with van der Waals surface area (Å²) in [6.45, 7) is 2.65. The summed E-state index contributed by atoms with van der Waals surface area (Å²) in [6.07, 6.45) is 0.996. The van der Waals surface area contributed by atoms with Gasteiger partial charge in [-0.2, -0.15) is 0 Å². The van der Waals surface area contributed by atoms with Crippen molar-refractivity contribution >= 4 is 17.6 Å². The average molecular weight is 310 g/mol. The highest BCUT2D eigenvalue weighted by atomic mass is 35.5. The molecule has 5 nitrogen and oxygen atoms in total. The fourth-order valence-corrected chi connectivity index (χ4v) is 3.42. The van der Waals surface area contributed by atoms with Crippen LogP contribution < -0.4 is 10.1 Å². The molecule has 2 atom stereocenters. The van der Waals surface area contributed by atoms with Gasteiger partial charge in [-0.3, -0.25) is 4.90 Å². The number of halogens is 1. The van der Waals surface area contributed by atoms with Gasteiger partial charge in [0.25, 0.3) is 0 Å². The molecule has 2 aliphatic heterocycles. The van der Waals surface area contributed by atoms with Crippen LogP contribution in [0.15, 0.2) is 18.2 Å². The van der Waals surface area contributed by atoms with Crippen LogP contribution in [-0.2, 0) is 6.54 Å². The van der Waals surface area contributed by atoms with Gasteiger partial charge in [-0.15, -0.1) is 0 Å². The predicted octanol–water partition coefficient (Wildman–Crippen LogP) is 1.95. The predicted molar refractivity (Wildman–Crippen MR) is 81.8 cm³/mol. The van der Waals surface area contributed by atoms with E-state index in [0.717, 1.165) is 37.4 Å². The molecule has 114 valence electrons. The number of hydrogen-bond acceptors (Lipinski definition) is 3. The van der Waals surface area contributed by atoms with Crippen LogP contribution in [0.1, 0.15) is 12.0 Å². The largest absolute Gasteiger partial charge is 0.496 e. The molecule has 1 N–H and O–H groups in total.